The summed E-state index contributed by atoms with van der Waals surface area (Å²) in [7, 11) is 0. The van der Waals surface area contributed by atoms with E-state index in [-0.39, 0.29) is 11.8 Å². The van der Waals surface area contributed by atoms with Gasteiger partial charge in [-0.3, -0.25) is 14.5 Å². The number of aryl methyl sites for hydroxylation is 1. The molecule has 1 saturated heterocycles. The minimum absolute atomic E-state index is 0.137. The summed E-state index contributed by atoms with van der Waals surface area (Å²) in [5, 5.41) is 14.4. The molecule has 1 aliphatic heterocycles. The molecular weight excluding hydrogens is 362 g/mol. The first kappa shape index (κ1) is 19.4. The second-order valence-electron chi connectivity index (χ2n) is 6.80. The molecule has 1 aromatic carbocycles. The molecule has 0 aliphatic carbocycles. The normalized spacial score (nSPS) is 17.5. The SMILES string of the molecule is Cc1nnc(C(=O)Nc2cccc(C(=O)NCCN3CCCCC3C)c2)s1. The van der Waals surface area contributed by atoms with Crippen LogP contribution in [0.5, 0.6) is 0 Å². The molecule has 1 fully saturated rings. The number of aromatic nitrogens is 2. The van der Waals surface area contributed by atoms with E-state index in [0.717, 1.165) is 18.1 Å². The maximum atomic E-state index is 12.4. The van der Waals surface area contributed by atoms with Crippen molar-refractivity contribution in [2.24, 2.45) is 0 Å². The van der Waals surface area contributed by atoms with Gasteiger partial charge in [-0.25, -0.2) is 0 Å². The second kappa shape index (κ2) is 9.05. The fraction of sp³-hybridized carbons (Fsp3) is 0.474. The van der Waals surface area contributed by atoms with Crippen molar-refractivity contribution in [1.29, 1.82) is 0 Å². The van der Waals surface area contributed by atoms with Gasteiger partial charge in [0.15, 0.2) is 0 Å². The number of rotatable bonds is 6. The summed E-state index contributed by atoms with van der Waals surface area (Å²) in [6.07, 6.45) is 3.75. The van der Waals surface area contributed by atoms with Crippen molar-refractivity contribution in [1.82, 2.24) is 20.4 Å². The smallest absolute Gasteiger partial charge is 0.286 e. The molecule has 0 saturated carbocycles. The van der Waals surface area contributed by atoms with Crippen molar-refractivity contribution in [2.45, 2.75) is 39.2 Å². The van der Waals surface area contributed by atoms with Crippen LogP contribution < -0.4 is 10.6 Å². The van der Waals surface area contributed by atoms with Crippen molar-refractivity contribution < 1.29 is 9.59 Å². The number of likely N-dealkylation sites (tertiary alicyclic amines) is 1. The Kier molecular flexibility index (Phi) is 6.52. The van der Waals surface area contributed by atoms with Crippen LogP contribution in [0.25, 0.3) is 0 Å². The molecule has 2 amide bonds. The second-order valence-corrected chi connectivity index (χ2v) is 7.98. The number of hydrogen-bond donors (Lipinski definition) is 2. The Bertz CT molecular complexity index is 807. The topological polar surface area (TPSA) is 87.2 Å². The van der Waals surface area contributed by atoms with E-state index in [4.69, 9.17) is 0 Å². The van der Waals surface area contributed by atoms with Crippen molar-refractivity contribution in [2.75, 3.05) is 25.0 Å². The third-order valence-electron chi connectivity index (χ3n) is 4.73. The maximum Gasteiger partial charge on any atom is 0.286 e. The molecule has 1 unspecified atom stereocenters. The standard InChI is InChI=1S/C19H25N5O2S/c1-13-6-3-4-10-24(13)11-9-20-17(25)15-7-5-8-16(12-15)21-18(26)19-23-22-14(2)27-19/h5,7-8,12-13H,3-4,6,9-11H2,1-2H3,(H,20,25)(H,21,26). The van der Waals surface area contributed by atoms with E-state index >= 15 is 0 Å². The number of piperidine rings is 1. The quantitative estimate of drug-likeness (QED) is 0.796. The Balaban J connectivity index is 1.53. The molecule has 8 heteroatoms. The molecule has 0 radical (unpaired) electrons. The number of carbonyl (C=O) groups excluding carboxylic acids is 2. The van der Waals surface area contributed by atoms with Gasteiger partial charge in [0.25, 0.3) is 11.8 Å². The summed E-state index contributed by atoms with van der Waals surface area (Å²) in [6, 6.07) is 7.49. The van der Waals surface area contributed by atoms with E-state index in [1.165, 1.54) is 30.6 Å². The zero-order valence-corrected chi connectivity index (χ0v) is 16.5. The molecule has 2 aromatic rings. The number of carbonyl (C=O) groups is 2. The summed E-state index contributed by atoms with van der Waals surface area (Å²) < 4.78 is 0. The van der Waals surface area contributed by atoms with Crippen LogP contribution in [0.15, 0.2) is 24.3 Å². The van der Waals surface area contributed by atoms with Gasteiger partial charge in [0.2, 0.25) is 5.01 Å². The van der Waals surface area contributed by atoms with Gasteiger partial charge < -0.3 is 10.6 Å². The molecule has 7 nitrogen and oxygen atoms in total. The van der Waals surface area contributed by atoms with Gasteiger partial charge in [-0.15, -0.1) is 10.2 Å². The van der Waals surface area contributed by atoms with E-state index in [1.54, 1.807) is 31.2 Å². The van der Waals surface area contributed by atoms with Gasteiger partial charge in [0.05, 0.1) is 0 Å². The fourth-order valence-electron chi connectivity index (χ4n) is 3.22. The van der Waals surface area contributed by atoms with Crippen molar-refractivity contribution in [3.05, 3.63) is 39.8 Å². The summed E-state index contributed by atoms with van der Waals surface area (Å²) in [5.41, 5.74) is 1.08. The zero-order chi connectivity index (χ0) is 19.2. The monoisotopic (exact) mass is 387 g/mol. The van der Waals surface area contributed by atoms with Crippen molar-refractivity contribution >= 4 is 28.8 Å². The first-order chi connectivity index (χ1) is 13.0. The highest BCUT2D eigenvalue weighted by Gasteiger charge is 2.18. The first-order valence-corrected chi connectivity index (χ1v) is 10.1. The minimum atomic E-state index is -0.322. The minimum Gasteiger partial charge on any atom is -0.351 e. The average molecular weight is 388 g/mol. The van der Waals surface area contributed by atoms with Gasteiger partial charge >= 0.3 is 0 Å². The summed E-state index contributed by atoms with van der Waals surface area (Å²) in [6.45, 7) is 6.61. The molecule has 27 heavy (non-hydrogen) atoms. The van der Waals surface area contributed by atoms with Gasteiger partial charge in [-0.1, -0.05) is 23.8 Å². The third kappa shape index (κ3) is 5.33. The number of benzene rings is 1. The summed E-state index contributed by atoms with van der Waals surface area (Å²) in [4.78, 5) is 27.0. The first-order valence-electron chi connectivity index (χ1n) is 9.26. The van der Waals surface area contributed by atoms with Gasteiger partial charge in [0.1, 0.15) is 5.01 Å². The van der Waals surface area contributed by atoms with Crippen molar-refractivity contribution in [3.63, 3.8) is 0 Å². The zero-order valence-electron chi connectivity index (χ0n) is 15.7. The lowest BCUT2D eigenvalue weighted by molar-refractivity contribution is 0.0937. The van der Waals surface area contributed by atoms with Crippen LogP contribution in [0, 0.1) is 6.92 Å². The molecule has 1 aliphatic rings. The average Bonchev–Trinajstić information content (AvgIpc) is 3.10. The largest absolute Gasteiger partial charge is 0.351 e. The van der Waals surface area contributed by atoms with Gasteiger partial charge in [-0.2, -0.15) is 0 Å². The van der Waals surface area contributed by atoms with Crippen LogP contribution in [0.2, 0.25) is 0 Å². The summed E-state index contributed by atoms with van der Waals surface area (Å²) >= 11 is 1.23. The number of nitrogens with one attached hydrogen (secondary N) is 2. The number of anilines is 1. The van der Waals surface area contributed by atoms with E-state index in [1.807, 2.05) is 0 Å². The van der Waals surface area contributed by atoms with Crippen LogP contribution in [-0.2, 0) is 0 Å². The van der Waals surface area contributed by atoms with Crippen LogP contribution in [0.4, 0.5) is 5.69 Å². The number of amides is 2. The Labute approximate surface area is 163 Å². The Morgan fingerprint density at radius 2 is 2.11 bits per heavy atom. The molecule has 2 N–H and O–H groups in total. The highest BCUT2D eigenvalue weighted by Crippen LogP contribution is 2.16. The Morgan fingerprint density at radius 3 is 2.85 bits per heavy atom. The maximum absolute atomic E-state index is 12.4. The molecule has 0 spiro atoms. The predicted octanol–water partition coefficient (Wildman–Crippen LogP) is 2.70. The lowest BCUT2D eigenvalue weighted by atomic mass is 10.0. The lowest BCUT2D eigenvalue weighted by Crippen LogP contribution is -2.42. The molecule has 0 bridgehead atoms. The van der Waals surface area contributed by atoms with Crippen molar-refractivity contribution in [3.8, 4) is 0 Å². The van der Waals surface area contributed by atoms with Crippen LogP contribution in [0.1, 0.15) is 51.4 Å². The van der Waals surface area contributed by atoms with Crippen LogP contribution in [-0.4, -0.2) is 52.6 Å². The molecule has 3 rings (SSSR count). The number of nitrogens with zero attached hydrogens (tertiary/aromatic N) is 3. The molecule has 1 aromatic heterocycles. The molecule has 2 heterocycles. The third-order valence-corrected chi connectivity index (χ3v) is 5.57. The fourth-order valence-corrected chi connectivity index (χ4v) is 3.80. The Morgan fingerprint density at radius 1 is 1.26 bits per heavy atom. The Hall–Kier alpha value is -2.32. The van der Waals surface area contributed by atoms with E-state index < -0.39 is 0 Å². The van der Waals surface area contributed by atoms with Gasteiger partial charge in [0, 0.05) is 30.4 Å². The van der Waals surface area contributed by atoms with Crippen LogP contribution >= 0.6 is 11.3 Å². The predicted molar refractivity (Wildman–Crippen MR) is 106 cm³/mol. The van der Waals surface area contributed by atoms with Gasteiger partial charge in [-0.05, 0) is 51.4 Å². The molecule has 144 valence electrons. The highest BCUT2D eigenvalue weighted by atomic mass is 32.1. The molecule has 1 atom stereocenters. The molecular formula is C19H25N5O2S. The lowest BCUT2D eigenvalue weighted by Gasteiger charge is -2.33. The van der Waals surface area contributed by atoms with E-state index in [9.17, 15) is 9.59 Å². The van der Waals surface area contributed by atoms with Crippen LogP contribution in [0.3, 0.4) is 0 Å². The van der Waals surface area contributed by atoms with E-state index in [0.29, 0.717) is 28.8 Å². The highest BCUT2D eigenvalue weighted by molar-refractivity contribution is 7.13. The van der Waals surface area contributed by atoms with E-state index in [2.05, 4.69) is 32.7 Å². The summed E-state index contributed by atoms with van der Waals surface area (Å²) in [5.74, 6) is -0.459. The number of hydrogen-bond acceptors (Lipinski definition) is 6.